The van der Waals surface area contributed by atoms with Crippen molar-refractivity contribution in [1.29, 1.82) is 0 Å². The second-order valence-electron chi connectivity index (χ2n) is 7.06. The molecule has 33 heavy (non-hydrogen) atoms. The van der Waals surface area contributed by atoms with Gasteiger partial charge in [0, 0.05) is 23.1 Å². The molecule has 3 aromatic carbocycles. The molecule has 1 heterocycles. The van der Waals surface area contributed by atoms with Gasteiger partial charge >= 0.3 is 0 Å². The molecule has 0 unspecified atom stereocenters. The SMILES string of the molecule is O=C(COc1ccccc1)n1nc(NCc2ccccc2Cl)nc1NCc1ccccc1Cl. The lowest BCUT2D eigenvalue weighted by Crippen LogP contribution is -2.23. The van der Waals surface area contributed by atoms with Crippen LogP contribution in [0.5, 0.6) is 5.75 Å². The van der Waals surface area contributed by atoms with Crippen LogP contribution in [0.15, 0.2) is 78.9 Å². The molecule has 0 amide bonds. The Balaban J connectivity index is 1.50. The van der Waals surface area contributed by atoms with Crippen molar-refractivity contribution in [2.75, 3.05) is 17.2 Å². The van der Waals surface area contributed by atoms with Crippen LogP contribution in [0.1, 0.15) is 15.9 Å². The second kappa shape index (κ2) is 10.8. The quantitative estimate of drug-likeness (QED) is 0.327. The molecule has 0 aliphatic carbocycles. The van der Waals surface area contributed by atoms with Crippen LogP contribution in [-0.2, 0) is 13.1 Å². The summed E-state index contributed by atoms with van der Waals surface area (Å²) in [6, 6.07) is 24.0. The molecule has 0 saturated carbocycles. The third-order valence-electron chi connectivity index (χ3n) is 4.74. The van der Waals surface area contributed by atoms with Crippen molar-refractivity contribution in [3.8, 4) is 5.75 Å². The largest absolute Gasteiger partial charge is 0.484 e. The number of carbonyl (C=O) groups is 1. The van der Waals surface area contributed by atoms with Crippen molar-refractivity contribution in [1.82, 2.24) is 14.8 Å². The van der Waals surface area contributed by atoms with Crippen molar-refractivity contribution in [3.63, 3.8) is 0 Å². The maximum absolute atomic E-state index is 12.9. The Bertz CT molecular complexity index is 1230. The first kappa shape index (κ1) is 22.6. The number of nitrogens with one attached hydrogen (secondary N) is 2. The van der Waals surface area contributed by atoms with E-state index in [1.807, 2.05) is 60.7 Å². The number of halogens is 2. The maximum atomic E-state index is 12.9. The molecular formula is C24H21Cl2N5O2. The highest BCUT2D eigenvalue weighted by molar-refractivity contribution is 6.31. The van der Waals surface area contributed by atoms with Crippen LogP contribution < -0.4 is 15.4 Å². The van der Waals surface area contributed by atoms with Gasteiger partial charge in [-0.15, -0.1) is 5.10 Å². The van der Waals surface area contributed by atoms with E-state index < -0.39 is 0 Å². The van der Waals surface area contributed by atoms with Crippen molar-refractivity contribution in [2.45, 2.75) is 13.1 Å². The van der Waals surface area contributed by atoms with E-state index in [9.17, 15) is 4.79 Å². The van der Waals surface area contributed by atoms with E-state index in [1.165, 1.54) is 4.68 Å². The third-order valence-corrected chi connectivity index (χ3v) is 5.48. The first-order valence-corrected chi connectivity index (χ1v) is 11.0. The molecule has 7 nitrogen and oxygen atoms in total. The number of aromatic nitrogens is 3. The van der Waals surface area contributed by atoms with Gasteiger partial charge in [-0.25, -0.2) is 0 Å². The van der Waals surface area contributed by atoms with Gasteiger partial charge in [-0.2, -0.15) is 9.67 Å². The molecule has 4 aromatic rings. The summed E-state index contributed by atoms with van der Waals surface area (Å²) in [6.45, 7) is 0.579. The topological polar surface area (TPSA) is 81.1 Å². The number of ether oxygens (including phenoxy) is 1. The normalized spacial score (nSPS) is 10.6. The van der Waals surface area contributed by atoms with E-state index >= 15 is 0 Å². The number of hydrogen-bond donors (Lipinski definition) is 2. The van der Waals surface area contributed by atoms with Crippen LogP contribution in [-0.4, -0.2) is 27.3 Å². The first-order valence-electron chi connectivity index (χ1n) is 10.2. The average Bonchev–Trinajstić information content (AvgIpc) is 3.25. The van der Waals surface area contributed by atoms with Crippen LogP contribution >= 0.6 is 23.2 Å². The second-order valence-corrected chi connectivity index (χ2v) is 7.87. The molecule has 168 valence electrons. The molecule has 0 aliphatic heterocycles. The molecule has 1 aromatic heterocycles. The number of para-hydroxylation sites is 1. The predicted molar refractivity (Wildman–Crippen MR) is 130 cm³/mol. The van der Waals surface area contributed by atoms with Crippen LogP contribution in [0.25, 0.3) is 0 Å². The standard InChI is InChI=1S/C24H21Cl2N5O2/c25-20-12-6-4-8-17(20)14-27-23-29-24(28-15-18-9-5-7-13-21(18)26)31(30-23)22(32)16-33-19-10-2-1-3-11-19/h1-13H,14-16H2,(H2,27,28,29,30). The zero-order valence-corrected chi connectivity index (χ0v) is 19.1. The number of rotatable bonds is 9. The van der Waals surface area contributed by atoms with Gasteiger partial charge in [0.15, 0.2) is 6.61 Å². The molecule has 9 heteroatoms. The Morgan fingerprint density at radius 1 is 0.818 bits per heavy atom. The van der Waals surface area contributed by atoms with E-state index in [4.69, 9.17) is 27.9 Å². The maximum Gasteiger partial charge on any atom is 0.288 e. The number of nitrogens with zero attached hydrogens (tertiary/aromatic N) is 3. The monoisotopic (exact) mass is 481 g/mol. The van der Waals surface area contributed by atoms with Gasteiger partial charge in [-0.1, -0.05) is 77.8 Å². The van der Waals surface area contributed by atoms with E-state index in [0.29, 0.717) is 28.9 Å². The van der Waals surface area contributed by atoms with Gasteiger partial charge < -0.3 is 15.4 Å². The highest BCUT2D eigenvalue weighted by Gasteiger charge is 2.17. The first-order chi connectivity index (χ1) is 16.1. The number of hydrogen-bond acceptors (Lipinski definition) is 6. The fourth-order valence-corrected chi connectivity index (χ4v) is 3.44. The summed E-state index contributed by atoms with van der Waals surface area (Å²) in [5.74, 6) is 0.773. The zero-order valence-electron chi connectivity index (χ0n) is 17.5. The summed E-state index contributed by atoms with van der Waals surface area (Å²) < 4.78 is 6.78. The van der Waals surface area contributed by atoms with Gasteiger partial charge in [-0.3, -0.25) is 4.79 Å². The summed E-state index contributed by atoms with van der Waals surface area (Å²) in [6.07, 6.45) is 0. The van der Waals surface area contributed by atoms with Crippen molar-refractivity contribution < 1.29 is 9.53 Å². The van der Waals surface area contributed by atoms with Gasteiger partial charge in [0.2, 0.25) is 11.9 Å². The molecule has 0 bridgehead atoms. The minimum atomic E-state index is -0.376. The lowest BCUT2D eigenvalue weighted by Gasteiger charge is -2.09. The summed E-state index contributed by atoms with van der Waals surface area (Å²) >= 11 is 12.5. The van der Waals surface area contributed by atoms with Crippen molar-refractivity contribution >= 4 is 41.0 Å². The minimum absolute atomic E-state index is 0.196. The molecule has 0 radical (unpaired) electrons. The summed E-state index contributed by atoms with van der Waals surface area (Å²) in [5, 5.41) is 11.8. The lowest BCUT2D eigenvalue weighted by atomic mass is 10.2. The minimum Gasteiger partial charge on any atom is -0.484 e. The Morgan fingerprint density at radius 3 is 2.03 bits per heavy atom. The lowest BCUT2D eigenvalue weighted by molar-refractivity contribution is 0.0824. The van der Waals surface area contributed by atoms with Gasteiger partial charge in [0.05, 0.1) is 0 Å². The molecule has 0 spiro atoms. The van der Waals surface area contributed by atoms with E-state index in [0.717, 1.165) is 11.1 Å². The van der Waals surface area contributed by atoms with E-state index in [-0.39, 0.29) is 24.4 Å². The molecule has 4 rings (SSSR count). The highest BCUT2D eigenvalue weighted by atomic mass is 35.5. The Labute approximate surface area is 201 Å². The van der Waals surface area contributed by atoms with Crippen LogP contribution in [0.2, 0.25) is 10.0 Å². The average molecular weight is 482 g/mol. The fourth-order valence-electron chi connectivity index (χ4n) is 3.03. The number of anilines is 2. The van der Waals surface area contributed by atoms with Gasteiger partial charge in [-0.05, 0) is 35.4 Å². The van der Waals surface area contributed by atoms with Crippen molar-refractivity contribution in [3.05, 3.63) is 100 Å². The zero-order chi connectivity index (χ0) is 23.0. The molecule has 0 saturated heterocycles. The van der Waals surface area contributed by atoms with Gasteiger partial charge in [0.25, 0.3) is 5.91 Å². The van der Waals surface area contributed by atoms with Crippen LogP contribution in [0, 0.1) is 0 Å². The highest BCUT2D eigenvalue weighted by Crippen LogP contribution is 2.19. The smallest absolute Gasteiger partial charge is 0.288 e. The number of benzene rings is 3. The van der Waals surface area contributed by atoms with E-state index in [1.54, 1.807) is 18.2 Å². The summed E-state index contributed by atoms with van der Waals surface area (Å²) in [4.78, 5) is 17.3. The Morgan fingerprint density at radius 2 is 1.39 bits per heavy atom. The number of carbonyl (C=O) groups excluding carboxylic acids is 1. The van der Waals surface area contributed by atoms with Crippen LogP contribution in [0.3, 0.4) is 0 Å². The predicted octanol–water partition coefficient (Wildman–Crippen LogP) is 5.53. The fraction of sp³-hybridized carbons (Fsp3) is 0.125. The van der Waals surface area contributed by atoms with Gasteiger partial charge in [0.1, 0.15) is 5.75 Å². The Kier molecular flexibility index (Phi) is 7.44. The molecular weight excluding hydrogens is 461 g/mol. The Hall–Kier alpha value is -3.55. The molecule has 0 fully saturated rings. The summed E-state index contributed by atoms with van der Waals surface area (Å²) in [5.41, 5.74) is 1.76. The van der Waals surface area contributed by atoms with E-state index in [2.05, 4.69) is 20.7 Å². The third kappa shape index (κ3) is 6.03. The summed E-state index contributed by atoms with van der Waals surface area (Å²) in [7, 11) is 0. The molecule has 0 atom stereocenters. The van der Waals surface area contributed by atoms with Crippen molar-refractivity contribution in [2.24, 2.45) is 0 Å². The van der Waals surface area contributed by atoms with Crippen LogP contribution in [0.4, 0.5) is 11.9 Å². The molecule has 0 aliphatic rings. The molecule has 2 N–H and O–H groups in total.